The fraction of sp³-hybridized carbons (Fsp3) is 0.333. The third kappa shape index (κ3) is 5.48. The standard InChI is InChI=1S/C18H22N2O/c1-20(15-11-16-9-12-19-13-10-16)14-5-8-18(21)17-6-3-2-4-7-17/h2-4,6-7,9-10,12-13H,5,8,11,14-15H2,1H3. The van der Waals surface area contributed by atoms with Crippen LogP contribution in [0, 0.1) is 0 Å². The van der Waals surface area contributed by atoms with Gasteiger partial charge in [-0.15, -0.1) is 0 Å². The van der Waals surface area contributed by atoms with E-state index in [1.54, 1.807) is 0 Å². The summed E-state index contributed by atoms with van der Waals surface area (Å²) in [6.07, 6.45) is 6.19. The number of hydrogen-bond acceptors (Lipinski definition) is 3. The quantitative estimate of drug-likeness (QED) is 0.697. The Labute approximate surface area is 126 Å². The highest BCUT2D eigenvalue weighted by atomic mass is 16.1. The highest BCUT2D eigenvalue weighted by Gasteiger charge is 2.06. The van der Waals surface area contributed by atoms with Gasteiger partial charge in [-0.05, 0) is 44.1 Å². The zero-order chi connectivity index (χ0) is 14.9. The van der Waals surface area contributed by atoms with Gasteiger partial charge in [-0.3, -0.25) is 9.78 Å². The fourth-order valence-electron chi connectivity index (χ4n) is 2.26. The first-order valence-electron chi connectivity index (χ1n) is 7.41. The Balaban J connectivity index is 1.65. The Morgan fingerprint density at radius 3 is 2.48 bits per heavy atom. The molecule has 0 atom stereocenters. The molecule has 3 nitrogen and oxygen atoms in total. The lowest BCUT2D eigenvalue weighted by Gasteiger charge is -2.16. The van der Waals surface area contributed by atoms with E-state index in [2.05, 4.69) is 16.9 Å². The van der Waals surface area contributed by atoms with Crippen molar-refractivity contribution < 1.29 is 4.79 Å². The first-order chi connectivity index (χ1) is 10.3. The SMILES string of the molecule is CN(CCCC(=O)c1ccccc1)CCc1ccncc1. The fourth-order valence-corrected chi connectivity index (χ4v) is 2.26. The molecule has 0 spiro atoms. The highest BCUT2D eigenvalue weighted by molar-refractivity contribution is 5.95. The van der Waals surface area contributed by atoms with Crippen molar-refractivity contribution in [2.45, 2.75) is 19.3 Å². The van der Waals surface area contributed by atoms with Crippen molar-refractivity contribution in [3.8, 4) is 0 Å². The molecule has 1 aromatic carbocycles. The number of nitrogens with zero attached hydrogens (tertiary/aromatic N) is 2. The third-order valence-corrected chi connectivity index (χ3v) is 3.57. The number of Topliss-reactive ketones (excluding diaryl/α,β-unsaturated/α-hetero) is 1. The van der Waals surface area contributed by atoms with Crippen molar-refractivity contribution >= 4 is 5.78 Å². The Morgan fingerprint density at radius 2 is 1.76 bits per heavy atom. The predicted molar refractivity (Wildman–Crippen MR) is 85.4 cm³/mol. The second kappa shape index (κ2) is 8.32. The summed E-state index contributed by atoms with van der Waals surface area (Å²) in [4.78, 5) is 18.3. The molecule has 21 heavy (non-hydrogen) atoms. The van der Waals surface area contributed by atoms with Crippen LogP contribution in [-0.2, 0) is 6.42 Å². The van der Waals surface area contributed by atoms with Crippen LogP contribution in [0.2, 0.25) is 0 Å². The molecule has 0 unspecified atom stereocenters. The van der Waals surface area contributed by atoms with E-state index < -0.39 is 0 Å². The van der Waals surface area contributed by atoms with E-state index in [0.29, 0.717) is 6.42 Å². The monoisotopic (exact) mass is 282 g/mol. The second-order valence-electron chi connectivity index (χ2n) is 5.30. The number of ketones is 1. The molecule has 110 valence electrons. The number of likely N-dealkylation sites (N-methyl/N-ethyl adjacent to an activating group) is 1. The zero-order valence-corrected chi connectivity index (χ0v) is 12.5. The molecule has 0 saturated carbocycles. The van der Waals surface area contributed by atoms with E-state index in [-0.39, 0.29) is 5.78 Å². The van der Waals surface area contributed by atoms with Crippen molar-refractivity contribution in [1.29, 1.82) is 0 Å². The maximum Gasteiger partial charge on any atom is 0.162 e. The molecule has 0 aliphatic carbocycles. The van der Waals surface area contributed by atoms with E-state index in [1.165, 1.54) is 5.56 Å². The number of carbonyl (C=O) groups is 1. The van der Waals surface area contributed by atoms with Crippen LogP contribution in [0.15, 0.2) is 54.9 Å². The van der Waals surface area contributed by atoms with E-state index in [0.717, 1.165) is 31.5 Å². The van der Waals surface area contributed by atoms with Gasteiger partial charge >= 0.3 is 0 Å². The second-order valence-corrected chi connectivity index (χ2v) is 5.30. The van der Waals surface area contributed by atoms with Gasteiger partial charge in [0.25, 0.3) is 0 Å². The van der Waals surface area contributed by atoms with Crippen molar-refractivity contribution in [2.24, 2.45) is 0 Å². The van der Waals surface area contributed by atoms with Gasteiger partial charge in [0.1, 0.15) is 0 Å². The average Bonchev–Trinajstić information content (AvgIpc) is 2.54. The van der Waals surface area contributed by atoms with Crippen LogP contribution < -0.4 is 0 Å². The van der Waals surface area contributed by atoms with Gasteiger partial charge in [-0.25, -0.2) is 0 Å². The van der Waals surface area contributed by atoms with Gasteiger partial charge < -0.3 is 4.90 Å². The summed E-state index contributed by atoms with van der Waals surface area (Å²) in [6.45, 7) is 1.95. The van der Waals surface area contributed by atoms with Crippen LogP contribution >= 0.6 is 0 Å². The first kappa shape index (κ1) is 15.4. The molecule has 2 aromatic rings. The summed E-state index contributed by atoms with van der Waals surface area (Å²) in [5, 5.41) is 0. The average molecular weight is 282 g/mol. The molecule has 0 saturated heterocycles. The minimum absolute atomic E-state index is 0.234. The Kier molecular flexibility index (Phi) is 6.10. The number of rotatable bonds is 8. The summed E-state index contributed by atoms with van der Waals surface area (Å²) in [5.74, 6) is 0.234. The van der Waals surface area contributed by atoms with Crippen molar-refractivity contribution in [3.05, 3.63) is 66.0 Å². The summed E-state index contributed by atoms with van der Waals surface area (Å²) in [5.41, 5.74) is 2.12. The molecule has 0 N–H and O–H groups in total. The molecule has 0 amide bonds. The Bertz CT molecular complexity index is 540. The number of hydrogen-bond donors (Lipinski definition) is 0. The highest BCUT2D eigenvalue weighted by Crippen LogP contribution is 2.06. The van der Waals surface area contributed by atoms with E-state index in [9.17, 15) is 4.79 Å². The van der Waals surface area contributed by atoms with Gasteiger partial charge in [0, 0.05) is 30.9 Å². The largest absolute Gasteiger partial charge is 0.306 e. The molecular formula is C18H22N2O. The third-order valence-electron chi connectivity index (χ3n) is 3.57. The summed E-state index contributed by atoms with van der Waals surface area (Å²) in [7, 11) is 2.11. The van der Waals surface area contributed by atoms with Crippen molar-refractivity contribution in [2.75, 3.05) is 20.1 Å². The Morgan fingerprint density at radius 1 is 1.05 bits per heavy atom. The molecule has 3 heteroatoms. The van der Waals surface area contributed by atoms with E-state index in [4.69, 9.17) is 0 Å². The van der Waals surface area contributed by atoms with Gasteiger partial charge in [0.2, 0.25) is 0 Å². The smallest absolute Gasteiger partial charge is 0.162 e. The number of pyridine rings is 1. The van der Waals surface area contributed by atoms with Crippen molar-refractivity contribution in [1.82, 2.24) is 9.88 Å². The van der Waals surface area contributed by atoms with Gasteiger partial charge in [-0.2, -0.15) is 0 Å². The minimum atomic E-state index is 0.234. The normalized spacial score (nSPS) is 10.8. The van der Waals surface area contributed by atoms with Crippen LogP contribution in [-0.4, -0.2) is 35.8 Å². The zero-order valence-electron chi connectivity index (χ0n) is 12.5. The van der Waals surface area contributed by atoms with Gasteiger partial charge in [0.05, 0.1) is 0 Å². The lowest BCUT2D eigenvalue weighted by Crippen LogP contribution is -2.23. The van der Waals surface area contributed by atoms with Crippen LogP contribution in [0.4, 0.5) is 0 Å². The molecule has 0 aliphatic heterocycles. The number of benzene rings is 1. The number of carbonyl (C=O) groups excluding carboxylic acids is 1. The minimum Gasteiger partial charge on any atom is -0.306 e. The van der Waals surface area contributed by atoms with Gasteiger partial charge in [-0.1, -0.05) is 30.3 Å². The molecule has 1 heterocycles. The molecule has 0 bridgehead atoms. The maximum atomic E-state index is 12.0. The van der Waals surface area contributed by atoms with Crippen LogP contribution in [0.5, 0.6) is 0 Å². The lowest BCUT2D eigenvalue weighted by molar-refractivity contribution is 0.0976. The molecule has 0 radical (unpaired) electrons. The maximum absolute atomic E-state index is 12.0. The van der Waals surface area contributed by atoms with E-state index >= 15 is 0 Å². The molecule has 2 rings (SSSR count). The van der Waals surface area contributed by atoms with Crippen LogP contribution in [0.3, 0.4) is 0 Å². The van der Waals surface area contributed by atoms with Crippen molar-refractivity contribution in [3.63, 3.8) is 0 Å². The lowest BCUT2D eigenvalue weighted by atomic mass is 10.1. The topological polar surface area (TPSA) is 33.2 Å². The predicted octanol–water partition coefficient (Wildman–Crippen LogP) is 3.22. The van der Waals surface area contributed by atoms with Crippen LogP contribution in [0.1, 0.15) is 28.8 Å². The molecule has 0 fully saturated rings. The first-order valence-corrected chi connectivity index (χ1v) is 7.41. The Hall–Kier alpha value is -2.00. The van der Waals surface area contributed by atoms with E-state index in [1.807, 2.05) is 54.9 Å². The number of aromatic nitrogens is 1. The summed E-state index contributed by atoms with van der Waals surface area (Å²) >= 11 is 0. The van der Waals surface area contributed by atoms with Gasteiger partial charge in [0.15, 0.2) is 5.78 Å². The molecular weight excluding hydrogens is 260 g/mol. The summed E-state index contributed by atoms with van der Waals surface area (Å²) < 4.78 is 0. The van der Waals surface area contributed by atoms with Crippen LogP contribution in [0.25, 0.3) is 0 Å². The molecule has 1 aromatic heterocycles. The molecule has 0 aliphatic rings. The summed E-state index contributed by atoms with van der Waals surface area (Å²) in [6, 6.07) is 13.6.